The first-order valence-electron chi connectivity index (χ1n) is 3.50. The second kappa shape index (κ2) is 3.37. The van der Waals surface area contributed by atoms with Crippen LogP contribution >= 0.6 is 23.6 Å². The third kappa shape index (κ3) is 2.15. The van der Waals surface area contributed by atoms with Crippen molar-refractivity contribution in [2.75, 3.05) is 0 Å². The molecular formula is C7H11N3S2. The van der Waals surface area contributed by atoms with Crippen LogP contribution in [0.25, 0.3) is 0 Å². The highest BCUT2D eigenvalue weighted by Gasteiger charge is 2.22. The van der Waals surface area contributed by atoms with E-state index in [0.29, 0.717) is 5.11 Å². The van der Waals surface area contributed by atoms with E-state index in [0.717, 1.165) is 5.01 Å². The zero-order valence-corrected chi connectivity index (χ0v) is 8.63. The van der Waals surface area contributed by atoms with Gasteiger partial charge in [0.1, 0.15) is 5.01 Å². The molecule has 0 fully saturated rings. The second-order valence-corrected chi connectivity index (χ2v) is 4.29. The summed E-state index contributed by atoms with van der Waals surface area (Å²) in [5, 5.41) is 6.19. The van der Waals surface area contributed by atoms with Gasteiger partial charge in [0.05, 0.1) is 5.54 Å². The van der Waals surface area contributed by atoms with E-state index in [2.05, 4.69) is 10.3 Å². The highest BCUT2D eigenvalue weighted by atomic mass is 32.1. The Morgan fingerprint density at radius 1 is 1.75 bits per heavy atom. The van der Waals surface area contributed by atoms with Gasteiger partial charge in [0.25, 0.3) is 0 Å². The molecule has 0 aliphatic carbocycles. The van der Waals surface area contributed by atoms with Crippen LogP contribution in [-0.2, 0) is 5.54 Å². The number of nitrogens with two attached hydrogens (primary N) is 1. The molecule has 1 heterocycles. The third-order valence-corrected chi connectivity index (χ3v) is 2.60. The molecule has 0 aliphatic rings. The molecule has 0 bridgehead atoms. The van der Waals surface area contributed by atoms with Crippen molar-refractivity contribution >= 4 is 28.7 Å². The fraction of sp³-hybridized carbons (Fsp3) is 0.429. The predicted octanol–water partition coefficient (Wildman–Crippen LogP) is 1.21. The van der Waals surface area contributed by atoms with Crippen molar-refractivity contribution in [3.05, 3.63) is 16.6 Å². The topological polar surface area (TPSA) is 50.9 Å². The summed E-state index contributed by atoms with van der Waals surface area (Å²) in [6.07, 6.45) is 1.77. The molecular weight excluding hydrogens is 190 g/mol. The van der Waals surface area contributed by atoms with Gasteiger partial charge in [-0.05, 0) is 26.1 Å². The van der Waals surface area contributed by atoms with Crippen molar-refractivity contribution in [1.29, 1.82) is 0 Å². The molecule has 3 N–H and O–H groups in total. The van der Waals surface area contributed by atoms with Gasteiger partial charge in [0, 0.05) is 11.6 Å². The van der Waals surface area contributed by atoms with Crippen LogP contribution in [0.3, 0.4) is 0 Å². The van der Waals surface area contributed by atoms with Crippen LogP contribution in [0, 0.1) is 0 Å². The molecule has 1 rings (SSSR count). The van der Waals surface area contributed by atoms with E-state index in [-0.39, 0.29) is 5.54 Å². The fourth-order valence-electron chi connectivity index (χ4n) is 0.894. The molecule has 0 aliphatic heterocycles. The van der Waals surface area contributed by atoms with Crippen LogP contribution in [-0.4, -0.2) is 10.1 Å². The summed E-state index contributed by atoms with van der Waals surface area (Å²) in [5.41, 5.74) is 5.12. The Balaban J connectivity index is 2.79. The van der Waals surface area contributed by atoms with Crippen LogP contribution < -0.4 is 11.1 Å². The molecule has 0 amide bonds. The van der Waals surface area contributed by atoms with Gasteiger partial charge in [-0.15, -0.1) is 11.3 Å². The smallest absolute Gasteiger partial charge is 0.164 e. The molecule has 0 radical (unpaired) electrons. The third-order valence-electron chi connectivity index (χ3n) is 1.40. The highest BCUT2D eigenvalue weighted by Crippen LogP contribution is 2.21. The largest absolute Gasteiger partial charge is 0.376 e. The van der Waals surface area contributed by atoms with Crippen LogP contribution in [0.1, 0.15) is 18.9 Å². The molecule has 0 saturated heterocycles. The van der Waals surface area contributed by atoms with E-state index in [1.807, 2.05) is 19.2 Å². The number of nitrogens with zero attached hydrogens (tertiary/aromatic N) is 1. The average molecular weight is 201 g/mol. The van der Waals surface area contributed by atoms with Crippen LogP contribution in [0.15, 0.2) is 11.6 Å². The molecule has 0 aromatic carbocycles. The van der Waals surface area contributed by atoms with Crippen LogP contribution in [0.5, 0.6) is 0 Å². The van der Waals surface area contributed by atoms with Gasteiger partial charge in [-0.3, -0.25) is 0 Å². The number of thiocarbonyl (C=S) groups is 1. The van der Waals surface area contributed by atoms with Gasteiger partial charge in [-0.2, -0.15) is 0 Å². The van der Waals surface area contributed by atoms with Gasteiger partial charge in [-0.1, -0.05) is 0 Å². The Morgan fingerprint density at radius 2 is 2.42 bits per heavy atom. The molecule has 0 saturated carbocycles. The van der Waals surface area contributed by atoms with Crippen molar-refractivity contribution in [1.82, 2.24) is 10.3 Å². The number of hydrogen-bond donors (Lipinski definition) is 2. The van der Waals surface area contributed by atoms with Crippen LogP contribution in [0.4, 0.5) is 0 Å². The minimum absolute atomic E-state index is 0.264. The summed E-state index contributed by atoms with van der Waals surface area (Å²) in [6.45, 7) is 3.98. The lowest BCUT2D eigenvalue weighted by Gasteiger charge is -2.23. The number of thiazole rings is 1. The van der Waals surface area contributed by atoms with E-state index >= 15 is 0 Å². The first-order valence-corrected chi connectivity index (χ1v) is 4.79. The van der Waals surface area contributed by atoms with Gasteiger partial charge >= 0.3 is 0 Å². The number of rotatable bonds is 2. The van der Waals surface area contributed by atoms with Gasteiger partial charge < -0.3 is 11.1 Å². The highest BCUT2D eigenvalue weighted by molar-refractivity contribution is 7.80. The maximum absolute atomic E-state index is 5.38. The maximum atomic E-state index is 5.38. The quantitative estimate of drug-likeness (QED) is 0.706. The Hall–Kier alpha value is -0.680. The molecule has 66 valence electrons. The summed E-state index contributed by atoms with van der Waals surface area (Å²) in [4.78, 5) is 4.18. The van der Waals surface area contributed by atoms with Crippen LogP contribution in [0.2, 0.25) is 0 Å². The number of aromatic nitrogens is 1. The normalized spacial score (nSPS) is 11.2. The molecule has 12 heavy (non-hydrogen) atoms. The van der Waals surface area contributed by atoms with Crippen molar-refractivity contribution in [3.63, 3.8) is 0 Å². The van der Waals surface area contributed by atoms with E-state index in [4.69, 9.17) is 18.0 Å². The zero-order chi connectivity index (χ0) is 9.19. The molecule has 0 unspecified atom stereocenters. The average Bonchev–Trinajstić information content (AvgIpc) is 2.32. The van der Waals surface area contributed by atoms with Crippen molar-refractivity contribution in [2.24, 2.45) is 5.73 Å². The molecule has 0 spiro atoms. The standard InChI is InChI=1S/C7H11N3S2/c1-7(2,10-6(8)11)5-9-3-4-12-5/h3-4H,1-2H3,(H3,8,10,11). The van der Waals surface area contributed by atoms with E-state index in [9.17, 15) is 0 Å². The van der Waals surface area contributed by atoms with Crippen molar-refractivity contribution in [2.45, 2.75) is 19.4 Å². The Labute approximate surface area is 81.0 Å². The predicted molar refractivity (Wildman–Crippen MR) is 55.1 cm³/mol. The van der Waals surface area contributed by atoms with Gasteiger partial charge in [0.15, 0.2) is 5.11 Å². The van der Waals surface area contributed by atoms with E-state index < -0.39 is 0 Å². The lowest BCUT2D eigenvalue weighted by molar-refractivity contribution is 0.485. The molecule has 5 heteroatoms. The monoisotopic (exact) mass is 201 g/mol. The fourth-order valence-corrected chi connectivity index (χ4v) is 1.87. The summed E-state index contributed by atoms with van der Waals surface area (Å²) in [6, 6.07) is 0. The molecule has 1 aromatic rings. The minimum Gasteiger partial charge on any atom is -0.376 e. The Morgan fingerprint density at radius 3 is 2.83 bits per heavy atom. The summed E-state index contributed by atoms with van der Waals surface area (Å²) >= 11 is 6.34. The number of nitrogens with one attached hydrogen (secondary N) is 1. The Kier molecular flexibility index (Phi) is 2.64. The molecule has 0 atom stereocenters. The summed E-state index contributed by atoms with van der Waals surface area (Å²) < 4.78 is 0. The summed E-state index contributed by atoms with van der Waals surface area (Å²) in [7, 11) is 0. The first-order chi connectivity index (χ1) is 5.52. The van der Waals surface area contributed by atoms with Gasteiger partial charge in [0.2, 0.25) is 0 Å². The van der Waals surface area contributed by atoms with Crippen molar-refractivity contribution in [3.8, 4) is 0 Å². The summed E-state index contributed by atoms with van der Waals surface area (Å²) in [5.74, 6) is 0. The second-order valence-electron chi connectivity index (χ2n) is 2.95. The lowest BCUT2D eigenvalue weighted by Crippen LogP contribution is -2.43. The maximum Gasteiger partial charge on any atom is 0.164 e. The Bertz CT molecular complexity index is 266. The lowest BCUT2D eigenvalue weighted by atomic mass is 10.1. The minimum atomic E-state index is -0.264. The number of hydrogen-bond acceptors (Lipinski definition) is 3. The SMILES string of the molecule is CC(C)(NC(N)=S)c1nccs1. The zero-order valence-electron chi connectivity index (χ0n) is 7.00. The van der Waals surface area contributed by atoms with Gasteiger partial charge in [-0.25, -0.2) is 4.98 Å². The van der Waals surface area contributed by atoms with E-state index in [1.165, 1.54) is 0 Å². The molecule has 3 nitrogen and oxygen atoms in total. The first kappa shape index (κ1) is 9.41. The van der Waals surface area contributed by atoms with Crippen molar-refractivity contribution < 1.29 is 0 Å². The molecule has 1 aromatic heterocycles. The van der Waals surface area contributed by atoms with E-state index in [1.54, 1.807) is 17.5 Å².